The molecule has 2 aromatic heterocycles. The van der Waals surface area contributed by atoms with Crippen LogP contribution >= 0.6 is 0 Å². The molecule has 0 aliphatic heterocycles. The number of nitrogens with one attached hydrogen (secondary N) is 1. The third-order valence-electron chi connectivity index (χ3n) is 3.72. The van der Waals surface area contributed by atoms with Crippen LogP contribution in [-0.2, 0) is 6.54 Å². The van der Waals surface area contributed by atoms with Gasteiger partial charge in [-0.15, -0.1) is 0 Å². The van der Waals surface area contributed by atoms with Crippen molar-refractivity contribution in [1.29, 1.82) is 0 Å². The topological polar surface area (TPSA) is 42.7 Å². The van der Waals surface area contributed by atoms with Crippen LogP contribution in [0.4, 0.5) is 26.3 Å². The van der Waals surface area contributed by atoms with Crippen molar-refractivity contribution >= 4 is 0 Å². The highest BCUT2D eigenvalue weighted by Crippen LogP contribution is 2.27. The zero-order chi connectivity index (χ0) is 19.2. The molecule has 0 aliphatic rings. The fraction of sp³-hybridized carbons (Fsp3) is 0.500. The number of halogens is 6. The Bertz CT molecular complexity index is 648. The maximum absolute atomic E-state index is 12.4. The molecule has 2 aromatic rings. The van der Waals surface area contributed by atoms with Gasteiger partial charge in [-0.1, -0.05) is 6.07 Å². The lowest BCUT2D eigenvalue weighted by Gasteiger charge is -2.21. The van der Waals surface area contributed by atoms with Crippen molar-refractivity contribution in [2.45, 2.75) is 50.6 Å². The van der Waals surface area contributed by atoms with Gasteiger partial charge < -0.3 is 5.32 Å². The van der Waals surface area contributed by atoms with Gasteiger partial charge in [-0.2, -0.15) is 31.4 Å². The maximum Gasteiger partial charge on any atom is 0.389 e. The first-order valence-corrected chi connectivity index (χ1v) is 7.95. The van der Waals surface area contributed by atoms with Gasteiger partial charge in [0.15, 0.2) is 5.82 Å². The summed E-state index contributed by atoms with van der Waals surface area (Å²) in [6.07, 6.45) is -7.21. The molecule has 0 fully saturated rings. The fourth-order valence-electron chi connectivity index (χ4n) is 2.45. The average molecular weight is 380 g/mol. The second kappa shape index (κ2) is 8.52. The highest BCUT2D eigenvalue weighted by atomic mass is 19.4. The number of hydrogen-bond acceptors (Lipinski definition) is 3. The van der Waals surface area contributed by atoms with E-state index >= 15 is 0 Å². The van der Waals surface area contributed by atoms with Crippen molar-refractivity contribution in [2.24, 2.45) is 0 Å². The van der Waals surface area contributed by atoms with Crippen LogP contribution in [-0.4, -0.2) is 33.2 Å². The van der Waals surface area contributed by atoms with Gasteiger partial charge in [-0.3, -0.25) is 0 Å². The summed E-state index contributed by atoms with van der Waals surface area (Å²) >= 11 is 0. The van der Waals surface area contributed by atoms with E-state index in [1.165, 1.54) is 10.9 Å². The monoisotopic (exact) mass is 380 g/mol. The lowest BCUT2D eigenvalue weighted by molar-refractivity contribution is -0.141. The molecule has 144 valence electrons. The molecule has 2 heterocycles. The largest absolute Gasteiger partial charge is 0.389 e. The van der Waals surface area contributed by atoms with E-state index in [1.807, 2.05) is 0 Å². The van der Waals surface area contributed by atoms with Gasteiger partial charge in [0.25, 0.3) is 0 Å². The Labute approximate surface area is 146 Å². The number of nitrogens with zero attached hydrogens (tertiary/aromatic N) is 3. The molecule has 0 atom stereocenters. The van der Waals surface area contributed by atoms with Crippen LogP contribution in [0.15, 0.2) is 36.8 Å². The summed E-state index contributed by atoms with van der Waals surface area (Å²) in [7, 11) is 0. The van der Waals surface area contributed by atoms with Gasteiger partial charge in [-0.25, -0.2) is 9.67 Å². The first-order chi connectivity index (χ1) is 12.1. The van der Waals surface area contributed by atoms with E-state index in [0.717, 1.165) is 0 Å². The van der Waals surface area contributed by atoms with Crippen LogP contribution in [0.3, 0.4) is 0 Å². The number of pyridine rings is 1. The number of alkyl halides is 6. The number of hydrogen-bond donors (Lipinski definition) is 1. The Morgan fingerprint density at radius 2 is 1.62 bits per heavy atom. The Morgan fingerprint density at radius 1 is 0.962 bits per heavy atom. The van der Waals surface area contributed by atoms with Crippen molar-refractivity contribution < 1.29 is 26.3 Å². The first kappa shape index (κ1) is 20.2. The molecule has 0 bridgehead atoms. The minimum Gasteiger partial charge on any atom is -0.310 e. The van der Waals surface area contributed by atoms with Crippen LogP contribution in [0.25, 0.3) is 5.82 Å². The van der Waals surface area contributed by atoms with Gasteiger partial charge in [0, 0.05) is 49.6 Å². The van der Waals surface area contributed by atoms with Crippen LogP contribution in [0.5, 0.6) is 0 Å². The van der Waals surface area contributed by atoms with E-state index in [-0.39, 0.29) is 6.54 Å². The molecule has 0 unspecified atom stereocenters. The number of rotatable bonds is 8. The van der Waals surface area contributed by atoms with Gasteiger partial charge in [0.2, 0.25) is 0 Å². The van der Waals surface area contributed by atoms with Gasteiger partial charge in [-0.05, 0) is 25.0 Å². The maximum atomic E-state index is 12.4. The normalized spacial score (nSPS) is 12.7. The Hall–Kier alpha value is -2.10. The van der Waals surface area contributed by atoms with Gasteiger partial charge in [0.1, 0.15) is 0 Å². The lowest BCUT2D eigenvalue weighted by Crippen LogP contribution is -2.32. The summed E-state index contributed by atoms with van der Waals surface area (Å²) in [5.74, 6) is 0.468. The Balaban J connectivity index is 2.04. The summed E-state index contributed by atoms with van der Waals surface area (Å²) < 4.78 is 76.1. The van der Waals surface area contributed by atoms with E-state index in [9.17, 15) is 26.3 Å². The van der Waals surface area contributed by atoms with Crippen molar-refractivity contribution in [2.75, 3.05) is 0 Å². The van der Waals surface area contributed by atoms with E-state index in [2.05, 4.69) is 15.4 Å². The van der Waals surface area contributed by atoms with Crippen molar-refractivity contribution in [3.63, 3.8) is 0 Å². The van der Waals surface area contributed by atoms with E-state index < -0.39 is 44.1 Å². The summed E-state index contributed by atoms with van der Waals surface area (Å²) in [5, 5.41) is 6.84. The van der Waals surface area contributed by atoms with Gasteiger partial charge >= 0.3 is 12.4 Å². The van der Waals surface area contributed by atoms with Crippen molar-refractivity contribution in [3.8, 4) is 5.82 Å². The number of aromatic nitrogens is 3. The molecular weight excluding hydrogens is 362 g/mol. The molecule has 0 aliphatic carbocycles. The standard InChI is InChI=1S/C16H18F6N4/c17-15(18,19)6-4-13(5-7-16(20,21)22)24-11-12-3-1-8-23-14(12)26-10-2-9-25-26/h1-3,8-10,13,24H,4-7,11H2. The molecule has 1 N–H and O–H groups in total. The Morgan fingerprint density at radius 3 is 2.15 bits per heavy atom. The molecular formula is C16H18F6N4. The van der Waals surface area contributed by atoms with E-state index in [4.69, 9.17) is 0 Å². The van der Waals surface area contributed by atoms with Crippen LogP contribution in [0, 0.1) is 0 Å². The van der Waals surface area contributed by atoms with Crippen LogP contribution in [0.2, 0.25) is 0 Å². The molecule has 0 aromatic carbocycles. The molecule has 26 heavy (non-hydrogen) atoms. The predicted octanol–water partition coefficient (Wildman–Crippen LogP) is 4.41. The zero-order valence-corrected chi connectivity index (χ0v) is 13.7. The van der Waals surface area contributed by atoms with Crippen molar-refractivity contribution in [1.82, 2.24) is 20.1 Å². The van der Waals surface area contributed by atoms with Crippen LogP contribution in [0.1, 0.15) is 31.2 Å². The highest BCUT2D eigenvalue weighted by molar-refractivity contribution is 5.32. The minimum absolute atomic E-state index is 0.0867. The quantitative estimate of drug-likeness (QED) is 0.690. The molecule has 0 spiro atoms. The smallest absolute Gasteiger partial charge is 0.310 e. The van der Waals surface area contributed by atoms with E-state index in [0.29, 0.717) is 11.4 Å². The van der Waals surface area contributed by atoms with Gasteiger partial charge in [0.05, 0.1) is 0 Å². The van der Waals surface area contributed by atoms with E-state index in [1.54, 1.807) is 30.6 Å². The zero-order valence-electron chi connectivity index (χ0n) is 13.7. The second-order valence-corrected chi connectivity index (χ2v) is 5.82. The highest BCUT2D eigenvalue weighted by Gasteiger charge is 2.31. The minimum atomic E-state index is -4.41. The molecule has 2 rings (SSSR count). The molecule has 10 heteroatoms. The fourth-order valence-corrected chi connectivity index (χ4v) is 2.45. The first-order valence-electron chi connectivity index (χ1n) is 7.95. The lowest BCUT2D eigenvalue weighted by atomic mass is 10.0. The summed E-state index contributed by atoms with van der Waals surface area (Å²) in [6, 6.07) is 4.11. The molecule has 0 radical (unpaired) electrons. The predicted molar refractivity (Wildman–Crippen MR) is 82.6 cm³/mol. The third-order valence-corrected chi connectivity index (χ3v) is 3.72. The molecule has 0 saturated carbocycles. The van der Waals surface area contributed by atoms with Crippen molar-refractivity contribution in [3.05, 3.63) is 42.4 Å². The summed E-state index contributed by atoms with van der Waals surface area (Å²) in [6.45, 7) is 0.0867. The SMILES string of the molecule is FC(F)(F)CCC(CCC(F)(F)F)NCc1cccnc1-n1cccn1. The molecule has 0 amide bonds. The average Bonchev–Trinajstić information content (AvgIpc) is 3.07. The second-order valence-electron chi connectivity index (χ2n) is 5.82. The van der Waals surface area contributed by atoms with Crippen LogP contribution < -0.4 is 5.32 Å². The molecule has 4 nitrogen and oxygen atoms in total. The third kappa shape index (κ3) is 7.03. The Kier molecular flexibility index (Phi) is 6.63. The molecule has 0 saturated heterocycles. The summed E-state index contributed by atoms with van der Waals surface area (Å²) in [4.78, 5) is 4.17. The summed E-state index contributed by atoms with van der Waals surface area (Å²) in [5.41, 5.74) is 0.625.